The first kappa shape index (κ1) is 21.0. The molecule has 0 aliphatic heterocycles. The average Bonchev–Trinajstić information content (AvgIpc) is 3.05. The summed E-state index contributed by atoms with van der Waals surface area (Å²) in [6.07, 6.45) is 3.50. The summed E-state index contributed by atoms with van der Waals surface area (Å²) < 4.78 is 0.701. The Kier molecular flexibility index (Phi) is 6.92. The number of thioether (sulfide) groups is 1. The zero-order chi connectivity index (χ0) is 20.3. The largest absolute Gasteiger partial charge is 0.394 e. The number of aliphatic hydroxyl groups is 1. The highest BCUT2D eigenvalue weighted by atomic mass is 35.5. The molecule has 0 amide bonds. The van der Waals surface area contributed by atoms with Crippen LogP contribution >= 0.6 is 34.7 Å². The molecule has 0 aliphatic carbocycles. The van der Waals surface area contributed by atoms with Crippen molar-refractivity contribution in [1.82, 2.24) is 19.9 Å². The Bertz CT molecular complexity index is 992. The van der Waals surface area contributed by atoms with Gasteiger partial charge in [-0.1, -0.05) is 54.1 Å². The fourth-order valence-electron chi connectivity index (χ4n) is 2.87. The van der Waals surface area contributed by atoms with Gasteiger partial charge >= 0.3 is 4.87 Å². The van der Waals surface area contributed by atoms with Gasteiger partial charge in [-0.25, -0.2) is 15.0 Å². The second-order valence-electron chi connectivity index (χ2n) is 6.43. The van der Waals surface area contributed by atoms with Crippen LogP contribution in [0, 0.1) is 0 Å². The van der Waals surface area contributed by atoms with E-state index in [1.165, 1.54) is 11.8 Å². The minimum atomic E-state index is -0.174. The van der Waals surface area contributed by atoms with Gasteiger partial charge in [-0.3, -0.25) is 9.78 Å². The van der Waals surface area contributed by atoms with Crippen LogP contribution in [0.15, 0.2) is 28.3 Å². The number of aromatic nitrogens is 4. The van der Waals surface area contributed by atoms with Crippen LogP contribution in [0.1, 0.15) is 37.5 Å². The molecule has 0 saturated heterocycles. The number of hydrogen-bond acceptors (Lipinski definition) is 8. The van der Waals surface area contributed by atoms with E-state index in [-0.39, 0.29) is 22.8 Å². The maximum atomic E-state index is 11.9. The van der Waals surface area contributed by atoms with Gasteiger partial charge < -0.3 is 10.0 Å². The van der Waals surface area contributed by atoms with Gasteiger partial charge in [-0.15, -0.1) is 0 Å². The number of anilines is 1. The van der Waals surface area contributed by atoms with E-state index in [9.17, 15) is 9.90 Å². The molecule has 150 valence electrons. The summed E-state index contributed by atoms with van der Waals surface area (Å²) in [6, 6.07) is 3.61. The molecule has 2 atom stereocenters. The summed E-state index contributed by atoms with van der Waals surface area (Å²) in [6.45, 7) is 4.13. The van der Waals surface area contributed by atoms with Gasteiger partial charge in [-0.2, -0.15) is 0 Å². The summed E-state index contributed by atoms with van der Waals surface area (Å²) in [5, 5.41) is 10.8. The van der Waals surface area contributed by atoms with E-state index in [4.69, 9.17) is 16.6 Å². The van der Waals surface area contributed by atoms with Crippen LogP contribution in [0.2, 0.25) is 5.15 Å². The third-order valence-electron chi connectivity index (χ3n) is 4.46. The Morgan fingerprint density at radius 3 is 2.82 bits per heavy atom. The fourth-order valence-corrected chi connectivity index (χ4v) is 4.67. The fraction of sp³-hybridized carbons (Fsp3) is 0.444. The summed E-state index contributed by atoms with van der Waals surface area (Å²) in [7, 11) is 1.89. The molecule has 7 nitrogen and oxygen atoms in total. The van der Waals surface area contributed by atoms with Crippen molar-refractivity contribution >= 4 is 50.9 Å². The number of H-pyrrole nitrogens is 1. The highest BCUT2D eigenvalue weighted by Crippen LogP contribution is 2.36. The number of aromatic amines is 1. The predicted octanol–water partition coefficient (Wildman–Crippen LogP) is 3.88. The number of pyridine rings is 1. The summed E-state index contributed by atoms with van der Waals surface area (Å²) >= 11 is 8.43. The van der Waals surface area contributed by atoms with Crippen molar-refractivity contribution in [2.45, 2.75) is 43.1 Å². The summed E-state index contributed by atoms with van der Waals surface area (Å²) in [5.74, 6) is 0.657. The molecule has 2 N–H and O–H groups in total. The lowest BCUT2D eigenvalue weighted by atomic mass is 10.1. The number of thiazole rings is 1. The van der Waals surface area contributed by atoms with Gasteiger partial charge in [-0.05, 0) is 25.0 Å². The lowest BCUT2D eigenvalue weighted by Gasteiger charge is -2.27. The minimum absolute atomic E-state index is 0.0183. The highest BCUT2D eigenvalue weighted by Gasteiger charge is 2.21. The first-order valence-electron chi connectivity index (χ1n) is 8.95. The van der Waals surface area contributed by atoms with E-state index < -0.39 is 0 Å². The molecule has 0 radical (unpaired) electrons. The first-order chi connectivity index (χ1) is 13.4. The van der Waals surface area contributed by atoms with E-state index in [2.05, 4.69) is 21.9 Å². The number of rotatable bonds is 8. The smallest absolute Gasteiger partial charge is 0.306 e. The Balaban J connectivity index is 1.97. The van der Waals surface area contributed by atoms with Crippen molar-refractivity contribution in [3.8, 4) is 0 Å². The first-order valence-corrected chi connectivity index (χ1v) is 11.0. The van der Waals surface area contributed by atoms with Crippen molar-refractivity contribution in [2.75, 3.05) is 18.6 Å². The van der Waals surface area contributed by atoms with E-state index in [0.717, 1.165) is 29.7 Å². The van der Waals surface area contributed by atoms with Crippen molar-refractivity contribution < 1.29 is 5.11 Å². The lowest BCUT2D eigenvalue weighted by molar-refractivity contribution is 0.255. The molecule has 0 aromatic carbocycles. The minimum Gasteiger partial charge on any atom is -0.394 e. The monoisotopic (exact) mass is 439 g/mol. The average molecular weight is 440 g/mol. The molecule has 0 fully saturated rings. The molecule has 3 heterocycles. The highest BCUT2D eigenvalue weighted by molar-refractivity contribution is 7.99. The molecule has 28 heavy (non-hydrogen) atoms. The quantitative estimate of drug-likeness (QED) is 0.312. The molecular weight excluding hydrogens is 418 g/mol. The summed E-state index contributed by atoms with van der Waals surface area (Å²) in [4.78, 5) is 29.8. The number of fused-ring (bicyclic) bond motifs is 1. The van der Waals surface area contributed by atoms with Gasteiger partial charge in [0.25, 0.3) is 0 Å². The molecule has 0 saturated carbocycles. The van der Waals surface area contributed by atoms with Crippen molar-refractivity contribution in [2.24, 2.45) is 0 Å². The van der Waals surface area contributed by atoms with E-state index in [1.54, 1.807) is 12.3 Å². The van der Waals surface area contributed by atoms with Crippen molar-refractivity contribution in [1.29, 1.82) is 0 Å². The lowest BCUT2D eigenvalue weighted by Crippen LogP contribution is -2.35. The van der Waals surface area contributed by atoms with Gasteiger partial charge in [0.05, 0.1) is 12.6 Å². The molecule has 10 heteroatoms. The van der Waals surface area contributed by atoms with Crippen LogP contribution < -0.4 is 9.77 Å². The predicted molar refractivity (Wildman–Crippen MR) is 116 cm³/mol. The van der Waals surface area contributed by atoms with Crippen LogP contribution in [0.4, 0.5) is 5.82 Å². The maximum absolute atomic E-state index is 11.9. The summed E-state index contributed by atoms with van der Waals surface area (Å²) in [5.41, 5.74) is 1.52. The van der Waals surface area contributed by atoms with Crippen LogP contribution in [0.5, 0.6) is 0 Å². The van der Waals surface area contributed by atoms with Crippen LogP contribution in [-0.2, 0) is 0 Å². The van der Waals surface area contributed by atoms with Gasteiger partial charge in [0.1, 0.15) is 9.85 Å². The van der Waals surface area contributed by atoms with Crippen LogP contribution in [-0.4, -0.2) is 44.7 Å². The Labute approximate surface area is 176 Å². The molecule has 3 aromatic rings. The van der Waals surface area contributed by atoms with Crippen molar-refractivity contribution in [3.63, 3.8) is 0 Å². The molecular formula is C18H22ClN5O2S2. The molecule has 2 unspecified atom stereocenters. The molecule has 0 spiro atoms. The van der Waals surface area contributed by atoms with Gasteiger partial charge in [0.15, 0.2) is 16.6 Å². The van der Waals surface area contributed by atoms with E-state index in [0.29, 0.717) is 26.5 Å². The van der Waals surface area contributed by atoms with Crippen LogP contribution in [0.3, 0.4) is 0 Å². The third-order valence-corrected chi connectivity index (χ3v) is 6.57. The topological polar surface area (TPSA) is 95.0 Å². The number of halogens is 1. The number of nitrogens with zero attached hydrogens (tertiary/aromatic N) is 4. The number of nitrogens with one attached hydrogen (secondary N) is 1. The normalized spacial score (nSPS) is 13.6. The number of aliphatic hydroxyl groups excluding tert-OH is 1. The van der Waals surface area contributed by atoms with E-state index in [1.807, 2.05) is 24.9 Å². The van der Waals surface area contributed by atoms with Gasteiger partial charge in [0.2, 0.25) is 0 Å². The molecule has 0 bridgehead atoms. The number of hydrogen-bond donors (Lipinski definition) is 2. The third kappa shape index (κ3) is 4.65. The standard InChI is InChI=1S/C18H22ClN5O2S2/c1-4-5-12(9-25)24(3)16-14-15(22-18(26)28-14)21-17(23-16)27-10(2)11-6-7-13(19)20-8-11/h6-8,10,12,25H,4-5,9H2,1-3H3,(H,21,22,23,26). The maximum Gasteiger partial charge on any atom is 0.306 e. The van der Waals surface area contributed by atoms with E-state index >= 15 is 0 Å². The Morgan fingerprint density at radius 1 is 1.39 bits per heavy atom. The molecule has 3 rings (SSSR count). The molecule has 3 aromatic heterocycles. The zero-order valence-electron chi connectivity index (χ0n) is 15.8. The number of likely N-dealkylation sites (N-methyl/N-ethyl adjacent to an activating group) is 1. The van der Waals surface area contributed by atoms with Crippen molar-refractivity contribution in [3.05, 3.63) is 38.7 Å². The van der Waals surface area contributed by atoms with Crippen LogP contribution in [0.25, 0.3) is 10.3 Å². The Morgan fingerprint density at radius 2 is 2.18 bits per heavy atom. The SMILES string of the molecule is CCCC(CO)N(C)c1nc(SC(C)c2ccc(Cl)nc2)nc2[nH]c(=O)sc12. The zero-order valence-corrected chi connectivity index (χ0v) is 18.2. The Hall–Kier alpha value is -1.68. The second-order valence-corrected chi connectivity index (χ2v) is 9.11. The molecule has 0 aliphatic rings. The second kappa shape index (κ2) is 9.21. The van der Waals surface area contributed by atoms with Gasteiger partial charge in [0, 0.05) is 18.5 Å².